The van der Waals surface area contributed by atoms with Crippen LogP contribution in [0.4, 0.5) is 0 Å². The first-order valence-corrected chi connectivity index (χ1v) is 9.07. The van der Waals surface area contributed by atoms with Crippen LogP contribution >= 0.6 is 11.3 Å². The summed E-state index contributed by atoms with van der Waals surface area (Å²) in [7, 11) is 3.47. The summed E-state index contributed by atoms with van der Waals surface area (Å²) in [6, 6.07) is 8.03. The number of aliphatic imine (C=N–C) groups is 1. The average molecular weight is 347 g/mol. The molecule has 0 atom stereocenters. The fourth-order valence-corrected chi connectivity index (χ4v) is 3.13. The van der Waals surface area contributed by atoms with Gasteiger partial charge in [-0.2, -0.15) is 0 Å². The number of aromatic nitrogens is 1. The van der Waals surface area contributed by atoms with Gasteiger partial charge in [-0.25, -0.2) is 4.98 Å². The Kier molecular flexibility index (Phi) is 7.55. The quantitative estimate of drug-likeness (QED) is 0.438. The molecule has 0 bridgehead atoms. The Bertz CT molecular complexity index is 654. The smallest absolute Gasteiger partial charge is 0.191 e. The van der Waals surface area contributed by atoms with E-state index in [9.17, 15) is 0 Å². The van der Waals surface area contributed by atoms with Crippen LogP contribution in [-0.2, 0) is 13.0 Å². The molecule has 0 saturated carbocycles. The molecule has 1 aromatic carbocycles. The van der Waals surface area contributed by atoms with Gasteiger partial charge in [0.1, 0.15) is 5.75 Å². The summed E-state index contributed by atoms with van der Waals surface area (Å²) in [5, 5.41) is 10.0. The second-order valence-electron chi connectivity index (χ2n) is 5.54. The third-order valence-corrected chi connectivity index (χ3v) is 4.62. The molecule has 0 amide bonds. The number of unbranched alkanes of at least 4 members (excludes halogenated alkanes) is 1. The summed E-state index contributed by atoms with van der Waals surface area (Å²) in [4.78, 5) is 8.75. The number of ether oxygens (including phenoxy) is 1. The van der Waals surface area contributed by atoms with E-state index in [-0.39, 0.29) is 0 Å². The lowest BCUT2D eigenvalue weighted by Crippen LogP contribution is -2.37. The van der Waals surface area contributed by atoms with Crippen molar-refractivity contribution in [2.24, 2.45) is 4.99 Å². The molecule has 0 fully saturated rings. The average Bonchev–Trinajstić information content (AvgIpc) is 3.02. The topological polar surface area (TPSA) is 58.5 Å². The van der Waals surface area contributed by atoms with E-state index in [4.69, 9.17) is 4.74 Å². The highest BCUT2D eigenvalue weighted by Gasteiger charge is 2.01. The van der Waals surface area contributed by atoms with E-state index in [0.29, 0.717) is 0 Å². The van der Waals surface area contributed by atoms with Gasteiger partial charge in [0.15, 0.2) is 5.96 Å². The number of hydrogen-bond donors (Lipinski definition) is 2. The summed E-state index contributed by atoms with van der Waals surface area (Å²) >= 11 is 1.75. The van der Waals surface area contributed by atoms with Crippen molar-refractivity contribution in [2.75, 3.05) is 20.7 Å². The highest BCUT2D eigenvalue weighted by atomic mass is 32.1. The van der Waals surface area contributed by atoms with E-state index in [2.05, 4.69) is 32.1 Å². The molecule has 2 aromatic rings. The van der Waals surface area contributed by atoms with E-state index in [1.165, 1.54) is 5.01 Å². The van der Waals surface area contributed by atoms with Crippen molar-refractivity contribution in [2.45, 2.75) is 32.7 Å². The minimum Gasteiger partial charge on any atom is -0.497 e. The van der Waals surface area contributed by atoms with Gasteiger partial charge in [0.25, 0.3) is 0 Å². The van der Waals surface area contributed by atoms with Crippen molar-refractivity contribution in [3.8, 4) is 5.75 Å². The summed E-state index contributed by atoms with van der Waals surface area (Å²) in [5.74, 6) is 1.69. The lowest BCUT2D eigenvalue weighted by molar-refractivity contribution is 0.414. The maximum absolute atomic E-state index is 5.24. The van der Waals surface area contributed by atoms with Crippen LogP contribution in [-0.4, -0.2) is 31.6 Å². The van der Waals surface area contributed by atoms with Crippen LogP contribution < -0.4 is 15.4 Å². The first kappa shape index (κ1) is 18.3. The predicted octanol–water partition coefficient (Wildman–Crippen LogP) is 3.15. The molecule has 5 nitrogen and oxygen atoms in total. The van der Waals surface area contributed by atoms with E-state index in [1.54, 1.807) is 25.5 Å². The zero-order chi connectivity index (χ0) is 17.2. The lowest BCUT2D eigenvalue weighted by Gasteiger charge is -2.12. The Hall–Kier alpha value is -2.08. The number of nitrogens with one attached hydrogen (secondary N) is 2. The van der Waals surface area contributed by atoms with E-state index >= 15 is 0 Å². The molecule has 1 heterocycles. The zero-order valence-corrected chi connectivity index (χ0v) is 15.4. The fourth-order valence-electron chi connectivity index (χ4n) is 2.31. The summed E-state index contributed by atoms with van der Waals surface area (Å²) in [6.07, 6.45) is 3.28. The summed E-state index contributed by atoms with van der Waals surface area (Å²) in [6.45, 7) is 3.66. The standard InChI is InChI=1S/C18H26N4OS/c1-14-13-24-17(22-14)9-4-5-10-20-18(19-2)21-12-15-7-6-8-16(11-15)23-3/h6-8,11,13H,4-5,9-10,12H2,1-3H3,(H2,19,20,21). The highest BCUT2D eigenvalue weighted by Crippen LogP contribution is 2.12. The minimum atomic E-state index is 0.718. The molecule has 130 valence electrons. The number of nitrogens with zero attached hydrogens (tertiary/aromatic N) is 2. The monoisotopic (exact) mass is 346 g/mol. The molecular formula is C18H26N4OS. The van der Waals surface area contributed by atoms with Crippen molar-refractivity contribution in [3.05, 3.63) is 45.9 Å². The normalized spacial score (nSPS) is 11.4. The first-order chi connectivity index (χ1) is 11.7. The lowest BCUT2D eigenvalue weighted by atomic mass is 10.2. The number of aryl methyl sites for hydroxylation is 2. The molecule has 0 unspecified atom stereocenters. The van der Waals surface area contributed by atoms with Crippen molar-refractivity contribution in [1.82, 2.24) is 15.6 Å². The number of hydrogen-bond acceptors (Lipinski definition) is 4. The van der Waals surface area contributed by atoms with Crippen LogP contribution in [0, 0.1) is 6.92 Å². The molecule has 2 N–H and O–H groups in total. The number of methoxy groups -OCH3 is 1. The Morgan fingerprint density at radius 3 is 2.88 bits per heavy atom. The van der Waals surface area contributed by atoms with Crippen LogP contribution in [0.5, 0.6) is 5.75 Å². The van der Waals surface area contributed by atoms with Crippen LogP contribution in [0.3, 0.4) is 0 Å². The third kappa shape index (κ3) is 6.20. The van der Waals surface area contributed by atoms with Gasteiger partial charge in [-0.1, -0.05) is 12.1 Å². The third-order valence-electron chi connectivity index (χ3n) is 3.59. The number of guanidine groups is 1. The Labute approximate surface area is 148 Å². The van der Waals surface area contributed by atoms with Crippen molar-refractivity contribution >= 4 is 17.3 Å². The largest absolute Gasteiger partial charge is 0.497 e. The Morgan fingerprint density at radius 2 is 2.17 bits per heavy atom. The van der Waals surface area contributed by atoms with Gasteiger partial charge in [0.05, 0.1) is 12.1 Å². The van der Waals surface area contributed by atoms with Gasteiger partial charge < -0.3 is 15.4 Å². The number of rotatable bonds is 8. The van der Waals surface area contributed by atoms with Gasteiger partial charge in [0.2, 0.25) is 0 Å². The van der Waals surface area contributed by atoms with Crippen molar-refractivity contribution in [3.63, 3.8) is 0 Å². The predicted molar refractivity (Wildman–Crippen MR) is 101 cm³/mol. The summed E-state index contributed by atoms with van der Waals surface area (Å²) in [5.41, 5.74) is 2.28. The maximum Gasteiger partial charge on any atom is 0.191 e. The fraction of sp³-hybridized carbons (Fsp3) is 0.444. The molecule has 1 aromatic heterocycles. The molecule has 0 spiro atoms. The molecule has 0 aliphatic rings. The zero-order valence-electron chi connectivity index (χ0n) is 14.6. The second-order valence-corrected chi connectivity index (χ2v) is 6.49. The van der Waals surface area contributed by atoms with Crippen LogP contribution in [0.25, 0.3) is 0 Å². The molecule has 2 rings (SSSR count). The minimum absolute atomic E-state index is 0.718. The molecule has 0 saturated heterocycles. The van der Waals surface area contributed by atoms with E-state index in [1.807, 2.05) is 25.1 Å². The molecule has 6 heteroatoms. The maximum atomic E-state index is 5.24. The number of thiazole rings is 1. The van der Waals surface area contributed by atoms with Crippen LogP contribution in [0.1, 0.15) is 29.1 Å². The molecule has 0 aliphatic heterocycles. The van der Waals surface area contributed by atoms with Gasteiger partial charge >= 0.3 is 0 Å². The summed E-state index contributed by atoms with van der Waals surface area (Å²) < 4.78 is 5.24. The molecule has 0 aliphatic carbocycles. The first-order valence-electron chi connectivity index (χ1n) is 8.19. The van der Waals surface area contributed by atoms with Crippen molar-refractivity contribution < 1.29 is 4.74 Å². The molecule has 24 heavy (non-hydrogen) atoms. The Balaban J connectivity index is 1.65. The Morgan fingerprint density at radius 1 is 1.29 bits per heavy atom. The highest BCUT2D eigenvalue weighted by molar-refractivity contribution is 7.09. The van der Waals surface area contributed by atoms with Crippen LogP contribution in [0.2, 0.25) is 0 Å². The number of benzene rings is 1. The molecular weight excluding hydrogens is 320 g/mol. The van der Waals surface area contributed by atoms with Gasteiger partial charge in [-0.15, -0.1) is 11.3 Å². The molecule has 0 radical (unpaired) electrons. The van der Waals surface area contributed by atoms with Gasteiger partial charge in [-0.3, -0.25) is 4.99 Å². The van der Waals surface area contributed by atoms with E-state index in [0.717, 1.165) is 55.3 Å². The van der Waals surface area contributed by atoms with E-state index < -0.39 is 0 Å². The van der Waals surface area contributed by atoms with Gasteiger partial charge in [0, 0.05) is 31.2 Å². The van der Waals surface area contributed by atoms with Gasteiger partial charge in [-0.05, 0) is 43.9 Å². The van der Waals surface area contributed by atoms with Crippen molar-refractivity contribution in [1.29, 1.82) is 0 Å². The second kappa shape index (κ2) is 9.93. The SMILES string of the molecule is CN=C(NCCCCc1nc(C)cs1)NCc1cccc(OC)c1. The van der Waals surface area contributed by atoms with Crippen LogP contribution in [0.15, 0.2) is 34.6 Å².